The summed E-state index contributed by atoms with van der Waals surface area (Å²) in [4.78, 5) is 26.3. The highest BCUT2D eigenvalue weighted by atomic mass is 32.1. The molecule has 0 aliphatic rings. The van der Waals surface area contributed by atoms with Gasteiger partial charge in [0.05, 0.1) is 28.8 Å². The Morgan fingerprint density at radius 1 is 1.48 bits per heavy atom. The molecule has 0 aliphatic heterocycles. The van der Waals surface area contributed by atoms with Crippen molar-refractivity contribution in [3.8, 4) is 0 Å². The van der Waals surface area contributed by atoms with Gasteiger partial charge >= 0.3 is 6.09 Å². The van der Waals surface area contributed by atoms with Gasteiger partial charge in [0.25, 0.3) is 5.69 Å². The van der Waals surface area contributed by atoms with Gasteiger partial charge in [-0.3, -0.25) is 15.4 Å². The summed E-state index contributed by atoms with van der Waals surface area (Å²) in [5, 5.41) is 18.4. The quantitative estimate of drug-likeness (QED) is 0.616. The highest BCUT2D eigenvalue weighted by molar-refractivity contribution is 7.07. The first-order valence-corrected chi connectivity index (χ1v) is 7.77. The van der Waals surface area contributed by atoms with Crippen LogP contribution in [0.5, 0.6) is 0 Å². The fraction of sp³-hybridized carbons (Fsp3) is 0.286. The number of carbonyl (C=O) groups excluding carboxylic acids is 1. The van der Waals surface area contributed by atoms with E-state index >= 15 is 0 Å². The third-order valence-corrected chi connectivity index (χ3v) is 3.36. The lowest BCUT2D eigenvalue weighted by atomic mass is 10.2. The summed E-state index contributed by atoms with van der Waals surface area (Å²) in [6, 6.07) is 4.27. The molecule has 2 rings (SSSR count). The largest absolute Gasteiger partial charge is 0.447 e. The number of benzene rings is 1. The van der Waals surface area contributed by atoms with E-state index in [1.807, 2.05) is 5.38 Å². The first kappa shape index (κ1) is 16.7. The van der Waals surface area contributed by atoms with Crippen LogP contribution in [0.15, 0.2) is 29.1 Å². The first-order chi connectivity index (χ1) is 11.0. The van der Waals surface area contributed by atoms with Crippen LogP contribution in [0.25, 0.3) is 0 Å². The molecule has 0 aliphatic carbocycles. The molecule has 1 amide bonds. The maximum Gasteiger partial charge on any atom is 0.411 e. The number of hydrogen-bond donors (Lipinski definition) is 2. The van der Waals surface area contributed by atoms with Crippen LogP contribution >= 0.6 is 11.3 Å². The van der Waals surface area contributed by atoms with Gasteiger partial charge in [-0.2, -0.15) is 0 Å². The van der Waals surface area contributed by atoms with E-state index in [0.29, 0.717) is 17.9 Å². The van der Waals surface area contributed by atoms with Crippen LogP contribution in [0.4, 0.5) is 21.9 Å². The van der Waals surface area contributed by atoms with Crippen molar-refractivity contribution in [2.24, 2.45) is 0 Å². The molecular formula is C14H16N4O4S. The second kappa shape index (κ2) is 7.54. The summed E-state index contributed by atoms with van der Waals surface area (Å²) in [5.41, 5.74) is 3.09. The van der Waals surface area contributed by atoms with Crippen molar-refractivity contribution in [1.29, 1.82) is 0 Å². The summed E-state index contributed by atoms with van der Waals surface area (Å²) in [7, 11) is 0. The second-order valence-corrected chi connectivity index (χ2v) is 5.62. The van der Waals surface area contributed by atoms with Gasteiger partial charge in [-0.1, -0.05) is 0 Å². The smallest absolute Gasteiger partial charge is 0.411 e. The highest BCUT2D eigenvalue weighted by Gasteiger charge is 2.15. The number of nitrogens with one attached hydrogen (secondary N) is 2. The fourth-order valence-corrected chi connectivity index (χ4v) is 2.34. The Morgan fingerprint density at radius 3 is 2.87 bits per heavy atom. The number of carbonyl (C=O) groups is 1. The maximum atomic E-state index is 11.6. The average Bonchev–Trinajstić information content (AvgIpc) is 2.97. The second-order valence-electron chi connectivity index (χ2n) is 4.90. The molecule has 0 atom stereocenters. The van der Waals surface area contributed by atoms with E-state index in [-0.39, 0.29) is 11.8 Å². The van der Waals surface area contributed by atoms with E-state index in [1.54, 1.807) is 19.4 Å². The molecular weight excluding hydrogens is 320 g/mol. The zero-order chi connectivity index (χ0) is 16.8. The predicted molar refractivity (Wildman–Crippen MR) is 87.8 cm³/mol. The summed E-state index contributed by atoms with van der Waals surface area (Å²) >= 11 is 1.44. The zero-order valence-electron chi connectivity index (χ0n) is 12.6. The zero-order valence-corrected chi connectivity index (χ0v) is 13.4. The fourth-order valence-electron chi connectivity index (χ4n) is 1.79. The standard InChI is InChI=1S/C14H16N4O4S/c1-9(2)22-14(19)17-10-3-4-13(18(20)21)12(5-10)15-6-11-7-23-8-16-11/h3-5,7-9,15H,6H2,1-2H3,(H,17,19). The molecule has 2 N–H and O–H groups in total. The minimum absolute atomic E-state index is 0.0805. The molecule has 1 aromatic carbocycles. The molecule has 0 bridgehead atoms. The number of rotatable bonds is 6. The van der Waals surface area contributed by atoms with Crippen molar-refractivity contribution >= 4 is 34.5 Å². The van der Waals surface area contributed by atoms with E-state index in [4.69, 9.17) is 4.74 Å². The number of anilines is 2. The Bertz CT molecular complexity index is 688. The van der Waals surface area contributed by atoms with Crippen LogP contribution in [-0.2, 0) is 11.3 Å². The molecule has 0 fully saturated rings. The minimum atomic E-state index is -0.612. The SMILES string of the molecule is CC(C)OC(=O)Nc1ccc([N+](=O)[O-])c(NCc2cscn2)c1. The molecule has 122 valence electrons. The first-order valence-electron chi connectivity index (χ1n) is 6.82. The van der Waals surface area contributed by atoms with Gasteiger partial charge in [0.2, 0.25) is 0 Å². The van der Waals surface area contributed by atoms with Crippen LogP contribution < -0.4 is 10.6 Å². The number of aromatic nitrogens is 1. The summed E-state index contributed by atoms with van der Waals surface area (Å²) < 4.78 is 4.98. The molecule has 23 heavy (non-hydrogen) atoms. The molecule has 0 saturated carbocycles. The summed E-state index contributed by atoms with van der Waals surface area (Å²) in [6.45, 7) is 3.82. The number of ether oxygens (including phenoxy) is 1. The molecule has 0 saturated heterocycles. The normalized spacial score (nSPS) is 10.4. The molecule has 8 nitrogen and oxygen atoms in total. The van der Waals surface area contributed by atoms with Crippen molar-refractivity contribution in [1.82, 2.24) is 4.98 Å². The topological polar surface area (TPSA) is 106 Å². The Hall–Kier alpha value is -2.68. The Balaban J connectivity index is 2.14. The van der Waals surface area contributed by atoms with E-state index in [0.717, 1.165) is 5.69 Å². The van der Waals surface area contributed by atoms with Crippen LogP contribution in [0, 0.1) is 10.1 Å². The average molecular weight is 336 g/mol. The Kier molecular flexibility index (Phi) is 5.47. The van der Waals surface area contributed by atoms with Crippen LogP contribution in [-0.4, -0.2) is 22.1 Å². The number of amides is 1. The van der Waals surface area contributed by atoms with Crippen LogP contribution in [0.3, 0.4) is 0 Å². The third kappa shape index (κ3) is 4.92. The molecule has 1 aromatic heterocycles. The van der Waals surface area contributed by atoms with Gasteiger partial charge in [-0.15, -0.1) is 11.3 Å². The van der Waals surface area contributed by atoms with Gasteiger partial charge < -0.3 is 10.1 Å². The lowest BCUT2D eigenvalue weighted by molar-refractivity contribution is -0.383. The van der Waals surface area contributed by atoms with E-state index in [1.165, 1.54) is 29.5 Å². The van der Waals surface area contributed by atoms with Crippen LogP contribution in [0.1, 0.15) is 19.5 Å². The number of nitrogens with zero attached hydrogens (tertiary/aromatic N) is 2. The number of thiazole rings is 1. The van der Waals surface area contributed by atoms with Gasteiger partial charge in [0, 0.05) is 17.1 Å². The number of hydrogen-bond acceptors (Lipinski definition) is 7. The van der Waals surface area contributed by atoms with E-state index < -0.39 is 11.0 Å². The monoisotopic (exact) mass is 336 g/mol. The number of nitro benzene ring substituents is 1. The summed E-state index contributed by atoms with van der Waals surface area (Å²) in [6.07, 6.45) is -0.866. The van der Waals surface area contributed by atoms with E-state index in [2.05, 4.69) is 15.6 Å². The van der Waals surface area contributed by atoms with Gasteiger partial charge in [-0.05, 0) is 26.0 Å². The maximum absolute atomic E-state index is 11.6. The Morgan fingerprint density at radius 2 is 2.26 bits per heavy atom. The third-order valence-electron chi connectivity index (χ3n) is 2.73. The van der Waals surface area contributed by atoms with Crippen molar-refractivity contribution in [3.63, 3.8) is 0 Å². The lowest BCUT2D eigenvalue weighted by Crippen LogP contribution is -2.18. The predicted octanol–water partition coefficient (Wildman–Crippen LogP) is 3.62. The minimum Gasteiger partial charge on any atom is -0.447 e. The van der Waals surface area contributed by atoms with Crippen molar-refractivity contribution in [3.05, 3.63) is 44.9 Å². The van der Waals surface area contributed by atoms with Crippen LogP contribution in [0.2, 0.25) is 0 Å². The molecule has 0 spiro atoms. The lowest BCUT2D eigenvalue weighted by Gasteiger charge is -2.11. The molecule has 0 radical (unpaired) electrons. The molecule has 0 unspecified atom stereocenters. The number of nitro groups is 1. The summed E-state index contributed by atoms with van der Waals surface area (Å²) in [5.74, 6) is 0. The highest BCUT2D eigenvalue weighted by Crippen LogP contribution is 2.28. The van der Waals surface area contributed by atoms with Crippen molar-refractivity contribution < 1.29 is 14.5 Å². The molecule has 2 aromatic rings. The van der Waals surface area contributed by atoms with Gasteiger partial charge in [0.1, 0.15) is 5.69 Å². The van der Waals surface area contributed by atoms with Crippen molar-refractivity contribution in [2.75, 3.05) is 10.6 Å². The Labute approximate surface area is 136 Å². The molecule has 1 heterocycles. The molecule has 9 heteroatoms. The van der Waals surface area contributed by atoms with E-state index in [9.17, 15) is 14.9 Å². The van der Waals surface area contributed by atoms with Gasteiger partial charge in [-0.25, -0.2) is 9.78 Å². The van der Waals surface area contributed by atoms with Crippen molar-refractivity contribution in [2.45, 2.75) is 26.5 Å². The van der Waals surface area contributed by atoms with Gasteiger partial charge in [0.15, 0.2) is 0 Å².